The van der Waals surface area contributed by atoms with E-state index in [2.05, 4.69) is 11.9 Å². The fourth-order valence-electron chi connectivity index (χ4n) is 2.29. The minimum Gasteiger partial charge on any atom is -0.410 e. The maximum atomic E-state index is 12.3. The molecule has 27 heavy (non-hydrogen) atoms. The number of carbonyl (C=O) groups excluding carboxylic acids is 1. The number of ether oxygens (including phenoxy) is 1. The van der Waals surface area contributed by atoms with Gasteiger partial charge in [0.15, 0.2) is 5.11 Å². The van der Waals surface area contributed by atoms with Crippen LogP contribution in [0.5, 0.6) is 5.75 Å². The van der Waals surface area contributed by atoms with Gasteiger partial charge in [-0.25, -0.2) is 4.79 Å². The van der Waals surface area contributed by atoms with Crippen molar-refractivity contribution >= 4 is 40.7 Å². The zero-order chi connectivity index (χ0) is 19.8. The summed E-state index contributed by atoms with van der Waals surface area (Å²) in [6.07, 6.45) is -0.436. The Morgan fingerprint density at radius 2 is 1.85 bits per heavy atom. The van der Waals surface area contributed by atoms with Crippen LogP contribution >= 0.6 is 23.8 Å². The molecular weight excluding hydrogens is 382 g/mol. The molecule has 5 nitrogen and oxygen atoms in total. The van der Waals surface area contributed by atoms with E-state index in [1.807, 2.05) is 43.4 Å². The number of hydrogen-bond acceptors (Lipinski definition) is 3. The summed E-state index contributed by atoms with van der Waals surface area (Å²) < 4.78 is 5.45. The number of benzene rings is 2. The van der Waals surface area contributed by atoms with Crippen LogP contribution in [0.4, 0.5) is 10.5 Å². The van der Waals surface area contributed by atoms with Gasteiger partial charge in [0.1, 0.15) is 5.75 Å². The van der Waals surface area contributed by atoms with E-state index in [0.29, 0.717) is 34.7 Å². The van der Waals surface area contributed by atoms with Crippen molar-refractivity contribution in [1.82, 2.24) is 9.80 Å². The van der Waals surface area contributed by atoms with Crippen molar-refractivity contribution in [2.75, 3.05) is 26.0 Å². The number of carbonyl (C=O) groups is 1. The van der Waals surface area contributed by atoms with Gasteiger partial charge >= 0.3 is 6.09 Å². The first-order valence-electron chi connectivity index (χ1n) is 8.27. The van der Waals surface area contributed by atoms with Crippen LogP contribution in [0.2, 0.25) is 0 Å². The summed E-state index contributed by atoms with van der Waals surface area (Å²) in [5.41, 5.74) is 1.74. The quantitative estimate of drug-likeness (QED) is 0.708. The Balaban J connectivity index is 1.95. The minimum atomic E-state index is -0.436. The Bertz CT molecular complexity index is 814. The molecule has 0 saturated carbocycles. The van der Waals surface area contributed by atoms with Crippen molar-refractivity contribution in [3.63, 3.8) is 0 Å². The van der Waals surface area contributed by atoms with Crippen molar-refractivity contribution in [1.29, 1.82) is 0 Å². The number of thiocarbonyl (C=S) groups is 1. The molecule has 0 radical (unpaired) electrons. The maximum Gasteiger partial charge on any atom is 0.415 e. The lowest BCUT2D eigenvalue weighted by molar-refractivity contribution is 0.161. The van der Waals surface area contributed by atoms with Gasteiger partial charge in [-0.3, -0.25) is 0 Å². The number of likely N-dealkylation sites (N-methyl/N-ethyl adjacent to an activating group) is 1. The highest BCUT2D eigenvalue weighted by atomic mass is 35.5. The molecule has 7 heteroatoms. The highest BCUT2D eigenvalue weighted by Gasteiger charge is 2.12. The normalized spacial score (nSPS) is 10.0. The Kier molecular flexibility index (Phi) is 7.64. The average Bonchev–Trinajstić information content (AvgIpc) is 2.62. The molecular formula is C20H22ClN3O2S. The zero-order valence-electron chi connectivity index (χ0n) is 15.3. The number of hydrogen-bond donors (Lipinski definition) is 1. The van der Waals surface area contributed by atoms with E-state index < -0.39 is 6.09 Å². The number of halogens is 1. The Morgan fingerprint density at radius 3 is 2.52 bits per heavy atom. The second kappa shape index (κ2) is 9.94. The van der Waals surface area contributed by atoms with Gasteiger partial charge in [-0.15, -0.1) is 0 Å². The summed E-state index contributed by atoms with van der Waals surface area (Å²) in [7, 11) is 3.51. The number of nitrogens with zero attached hydrogens (tertiary/aromatic N) is 2. The van der Waals surface area contributed by atoms with Crippen LogP contribution in [-0.2, 0) is 6.54 Å². The molecule has 2 aromatic rings. The second-order valence-electron chi connectivity index (χ2n) is 6.04. The summed E-state index contributed by atoms with van der Waals surface area (Å²) in [4.78, 5) is 15.6. The summed E-state index contributed by atoms with van der Waals surface area (Å²) in [6, 6.07) is 16.8. The Morgan fingerprint density at radius 1 is 1.15 bits per heavy atom. The number of anilines is 1. The van der Waals surface area contributed by atoms with Crippen LogP contribution in [0, 0.1) is 0 Å². The number of amides is 1. The minimum absolute atomic E-state index is 0.428. The summed E-state index contributed by atoms with van der Waals surface area (Å²) >= 11 is 11.1. The molecule has 0 atom stereocenters. The molecule has 0 unspecified atom stereocenters. The molecule has 0 heterocycles. The van der Waals surface area contributed by atoms with Gasteiger partial charge in [0, 0.05) is 37.4 Å². The monoisotopic (exact) mass is 403 g/mol. The zero-order valence-corrected chi connectivity index (χ0v) is 16.9. The van der Waals surface area contributed by atoms with Crippen LogP contribution in [0.15, 0.2) is 66.2 Å². The topological polar surface area (TPSA) is 44.8 Å². The lowest BCUT2D eigenvalue weighted by atomic mass is 10.2. The van der Waals surface area contributed by atoms with Crippen LogP contribution < -0.4 is 10.1 Å². The van der Waals surface area contributed by atoms with E-state index in [4.69, 9.17) is 28.6 Å². The summed E-state index contributed by atoms with van der Waals surface area (Å²) in [5.74, 6) is 0.428. The van der Waals surface area contributed by atoms with E-state index in [-0.39, 0.29) is 0 Å². The summed E-state index contributed by atoms with van der Waals surface area (Å²) in [5, 5.41) is 4.06. The maximum absolute atomic E-state index is 12.3. The van der Waals surface area contributed by atoms with Crippen LogP contribution in [-0.4, -0.2) is 41.6 Å². The van der Waals surface area contributed by atoms with Crippen molar-refractivity contribution in [2.45, 2.75) is 6.54 Å². The fraction of sp³-hybridized carbons (Fsp3) is 0.200. The van der Waals surface area contributed by atoms with Gasteiger partial charge in [0.2, 0.25) is 0 Å². The number of rotatable bonds is 6. The average molecular weight is 404 g/mol. The molecule has 0 aliphatic heterocycles. The van der Waals surface area contributed by atoms with Gasteiger partial charge in [-0.05, 0) is 29.9 Å². The molecule has 0 bridgehead atoms. The molecule has 1 amide bonds. The SMILES string of the molecule is C=C(Cl)CN(C)C(=S)Nc1cccc(OC(=O)N(C)Cc2ccccc2)c1. The molecule has 2 rings (SSSR count). The first-order valence-corrected chi connectivity index (χ1v) is 9.06. The Hall–Kier alpha value is -2.57. The standard InChI is InChI=1S/C20H22ClN3O2S/c1-15(21)13-23(2)19(27)22-17-10-7-11-18(12-17)26-20(25)24(3)14-16-8-5-4-6-9-16/h4-12H,1,13-14H2,2-3H3,(H,22,27). The van der Waals surface area contributed by atoms with E-state index in [1.165, 1.54) is 4.90 Å². The molecule has 0 fully saturated rings. The van der Waals surface area contributed by atoms with Gasteiger partial charge < -0.3 is 19.9 Å². The van der Waals surface area contributed by atoms with E-state index in [1.54, 1.807) is 30.1 Å². The predicted octanol–water partition coefficient (Wildman–Crippen LogP) is 4.70. The lowest BCUT2D eigenvalue weighted by Crippen LogP contribution is -2.32. The molecule has 142 valence electrons. The van der Waals surface area contributed by atoms with Gasteiger partial charge in [-0.1, -0.05) is 54.6 Å². The third-order valence-electron chi connectivity index (χ3n) is 3.62. The highest BCUT2D eigenvalue weighted by Crippen LogP contribution is 2.19. The molecule has 0 aromatic heterocycles. The van der Waals surface area contributed by atoms with Gasteiger partial charge in [0.05, 0.1) is 6.54 Å². The van der Waals surface area contributed by atoms with Crippen molar-refractivity contribution in [3.05, 3.63) is 71.8 Å². The fourth-order valence-corrected chi connectivity index (χ4v) is 2.65. The third kappa shape index (κ3) is 6.92. The third-order valence-corrected chi connectivity index (χ3v) is 4.15. The van der Waals surface area contributed by atoms with Crippen LogP contribution in [0.1, 0.15) is 5.56 Å². The van der Waals surface area contributed by atoms with Gasteiger partial charge in [-0.2, -0.15) is 0 Å². The molecule has 2 aromatic carbocycles. The largest absolute Gasteiger partial charge is 0.415 e. The summed E-state index contributed by atoms with van der Waals surface area (Å²) in [6.45, 7) is 4.56. The van der Waals surface area contributed by atoms with Crippen LogP contribution in [0.3, 0.4) is 0 Å². The van der Waals surface area contributed by atoms with E-state index in [0.717, 1.165) is 5.56 Å². The van der Waals surface area contributed by atoms with Crippen molar-refractivity contribution in [3.8, 4) is 5.75 Å². The first kappa shape index (κ1) is 20.7. The highest BCUT2D eigenvalue weighted by molar-refractivity contribution is 7.80. The van der Waals surface area contributed by atoms with Gasteiger partial charge in [0.25, 0.3) is 0 Å². The lowest BCUT2D eigenvalue weighted by Gasteiger charge is -2.21. The van der Waals surface area contributed by atoms with Crippen molar-refractivity contribution in [2.24, 2.45) is 0 Å². The van der Waals surface area contributed by atoms with E-state index >= 15 is 0 Å². The smallest absolute Gasteiger partial charge is 0.410 e. The molecule has 1 N–H and O–H groups in total. The Labute approximate surface area is 170 Å². The number of nitrogens with one attached hydrogen (secondary N) is 1. The molecule has 0 aliphatic carbocycles. The predicted molar refractivity (Wildman–Crippen MR) is 114 cm³/mol. The van der Waals surface area contributed by atoms with E-state index in [9.17, 15) is 4.79 Å². The molecule has 0 spiro atoms. The molecule has 0 aliphatic rings. The first-order chi connectivity index (χ1) is 12.8. The second-order valence-corrected chi connectivity index (χ2v) is 6.96. The molecule has 0 saturated heterocycles. The van der Waals surface area contributed by atoms with Crippen molar-refractivity contribution < 1.29 is 9.53 Å². The van der Waals surface area contributed by atoms with Crippen LogP contribution in [0.25, 0.3) is 0 Å².